The highest BCUT2D eigenvalue weighted by Crippen LogP contribution is 2.42. The monoisotopic (exact) mass is 739 g/mol. The van der Waals surface area contributed by atoms with Gasteiger partial charge < -0.3 is 30.2 Å². The zero-order valence-corrected chi connectivity index (χ0v) is 31.2. The Labute approximate surface area is 313 Å². The summed E-state index contributed by atoms with van der Waals surface area (Å²) in [5, 5.41) is 12.2. The largest absolute Gasteiger partial charge is 0.496 e. The summed E-state index contributed by atoms with van der Waals surface area (Å²) < 4.78 is 7.81. The molecule has 12 heteroatoms. The van der Waals surface area contributed by atoms with Crippen LogP contribution in [0.4, 0.5) is 0 Å². The molecule has 0 aliphatic carbocycles. The van der Waals surface area contributed by atoms with Gasteiger partial charge in [0, 0.05) is 111 Å². The summed E-state index contributed by atoms with van der Waals surface area (Å²) >= 11 is 14.3. The van der Waals surface area contributed by atoms with Gasteiger partial charge >= 0.3 is 0 Å². The Bertz CT molecular complexity index is 2130. The second kappa shape index (κ2) is 15.6. The highest BCUT2D eigenvalue weighted by atomic mass is 35.5. The third-order valence-corrected chi connectivity index (χ3v) is 11.0. The van der Waals surface area contributed by atoms with Crippen molar-refractivity contribution in [3.8, 4) is 39.4 Å². The number of fused-ring (bicyclic) bond motifs is 1. The average Bonchev–Trinajstić information content (AvgIpc) is 3.72. The predicted molar refractivity (Wildman–Crippen MR) is 206 cm³/mol. The number of pyridine rings is 2. The van der Waals surface area contributed by atoms with Crippen LogP contribution in [-0.4, -0.2) is 70.1 Å². The highest BCUT2D eigenvalue weighted by Gasteiger charge is 2.23. The van der Waals surface area contributed by atoms with E-state index in [2.05, 4.69) is 37.8 Å². The van der Waals surface area contributed by atoms with Crippen LogP contribution in [0, 0.1) is 0 Å². The molecule has 7 rings (SSSR count). The molecule has 2 saturated heterocycles. The zero-order valence-electron chi connectivity index (χ0n) is 29.6. The van der Waals surface area contributed by atoms with Gasteiger partial charge in [-0.25, -0.2) is 4.98 Å². The quantitative estimate of drug-likeness (QED) is 0.137. The normalized spacial score (nSPS) is 16.4. The number of carbonyl (C=O) groups is 2. The lowest BCUT2D eigenvalue weighted by molar-refractivity contribution is -0.130. The van der Waals surface area contributed by atoms with E-state index in [0.717, 1.165) is 89.2 Å². The second-order valence-electron chi connectivity index (χ2n) is 13.6. The number of ether oxygens (including phenoxy) is 1. The van der Waals surface area contributed by atoms with Crippen molar-refractivity contribution in [2.45, 2.75) is 57.8 Å². The number of nitrogens with zero attached hydrogens (tertiary/aromatic N) is 4. The number of likely N-dealkylation sites (tertiary alicyclic amines) is 1. The molecule has 2 amide bonds. The van der Waals surface area contributed by atoms with E-state index in [4.69, 9.17) is 32.9 Å². The Kier molecular flexibility index (Phi) is 10.8. The van der Waals surface area contributed by atoms with Crippen molar-refractivity contribution in [3.05, 3.63) is 88.2 Å². The summed E-state index contributed by atoms with van der Waals surface area (Å²) in [5.41, 5.74) is 7.64. The Morgan fingerprint density at radius 1 is 0.981 bits per heavy atom. The Balaban J connectivity index is 1.10. The van der Waals surface area contributed by atoms with Gasteiger partial charge in [0.05, 0.1) is 28.5 Å². The van der Waals surface area contributed by atoms with Crippen molar-refractivity contribution in [1.82, 2.24) is 35.4 Å². The molecule has 2 aromatic carbocycles. The van der Waals surface area contributed by atoms with E-state index in [1.807, 2.05) is 60.5 Å². The predicted octanol–water partition coefficient (Wildman–Crippen LogP) is 6.75. The molecule has 0 radical (unpaired) electrons. The number of aromatic nitrogens is 3. The van der Waals surface area contributed by atoms with E-state index in [0.29, 0.717) is 41.3 Å². The van der Waals surface area contributed by atoms with Gasteiger partial charge in [0.25, 0.3) is 0 Å². The van der Waals surface area contributed by atoms with Gasteiger partial charge in [-0.2, -0.15) is 0 Å². The highest BCUT2D eigenvalue weighted by molar-refractivity contribution is 6.39. The molecule has 2 aliphatic rings. The third-order valence-electron chi connectivity index (χ3n) is 10.2. The van der Waals surface area contributed by atoms with Crippen LogP contribution in [0.5, 0.6) is 5.75 Å². The van der Waals surface area contributed by atoms with Crippen LogP contribution in [0.2, 0.25) is 10.0 Å². The number of aryl methyl sites for hydroxylation is 1. The lowest BCUT2D eigenvalue weighted by atomic mass is 9.99. The molecule has 10 nitrogen and oxygen atoms in total. The number of benzene rings is 2. The molecule has 0 spiro atoms. The molecule has 2 aliphatic heterocycles. The fourth-order valence-electron chi connectivity index (χ4n) is 7.32. The zero-order chi connectivity index (χ0) is 36.4. The average molecular weight is 741 g/mol. The number of hydrogen-bond acceptors (Lipinski definition) is 7. The number of methoxy groups -OCH3 is 1. The minimum Gasteiger partial charge on any atom is -0.496 e. The number of halogens is 2. The molecule has 3 aromatic heterocycles. The topological polar surface area (TPSA) is 113 Å². The number of nitrogens with one attached hydrogen (secondary N) is 3. The van der Waals surface area contributed by atoms with Crippen LogP contribution in [0.1, 0.15) is 43.7 Å². The maximum atomic E-state index is 11.7. The molecular weight excluding hydrogens is 697 g/mol. The maximum absolute atomic E-state index is 11.7. The number of carbonyl (C=O) groups excluding carboxylic acids is 2. The minimum absolute atomic E-state index is 0.108. The van der Waals surface area contributed by atoms with Crippen LogP contribution in [0.15, 0.2) is 67.0 Å². The molecule has 2 fully saturated rings. The number of amides is 2. The fourth-order valence-corrected chi connectivity index (χ4v) is 7.96. The van der Waals surface area contributed by atoms with E-state index in [-0.39, 0.29) is 17.9 Å². The molecule has 3 N–H and O–H groups in total. The van der Waals surface area contributed by atoms with Crippen molar-refractivity contribution >= 4 is 46.0 Å². The van der Waals surface area contributed by atoms with E-state index < -0.39 is 0 Å². The van der Waals surface area contributed by atoms with Crippen molar-refractivity contribution in [2.75, 3.05) is 26.7 Å². The second-order valence-corrected chi connectivity index (χ2v) is 14.4. The molecule has 0 saturated carbocycles. The maximum Gasteiger partial charge on any atom is 0.220 e. The molecular formula is C40H43Cl2N7O3. The Morgan fingerprint density at radius 2 is 1.77 bits per heavy atom. The standard InChI is InChI=1S/C40H43Cl2N7O3/c1-24(50)49-17-14-28(15-18-49)45-21-27-23-48(2)40-30(27)10-11-34(47-40)33-6-4-5-31(37(33)41)32-13-16-44-39(38(32)42)25-7-8-26(35(19-25)52-3)20-43-22-29-9-12-36(51)46-29/h4-8,10-11,13,16,19,23,28-29,43,45H,9,12,14-15,17-18,20-22H2,1-3H3,(H,46,51)/t29-/m0/s1. The van der Waals surface area contributed by atoms with E-state index >= 15 is 0 Å². The van der Waals surface area contributed by atoms with Crippen molar-refractivity contribution in [2.24, 2.45) is 7.05 Å². The van der Waals surface area contributed by atoms with Gasteiger partial charge in [-0.1, -0.05) is 53.5 Å². The molecule has 270 valence electrons. The summed E-state index contributed by atoms with van der Waals surface area (Å²) in [6, 6.07) is 18.4. The van der Waals surface area contributed by atoms with Crippen LogP contribution in [0.3, 0.4) is 0 Å². The first-order valence-electron chi connectivity index (χ1n) is 17.7. The summed E-state index contributed by atoms with van der Waals surface area (Å²) in [4.78, 5) is 34.9. The number of piperidine rings is 1. The van der Waals surface area contributed by atoms with Crippen LogP contribution >= 0.6 is 23.2 Å². The van der Waals surface area contributed by atoms with Gasteiger partial charge in [-0.15, -0.1) is 0 Å². The van der Waals surface area contributed by atoms with Gasteiger partial charge in [-0.3, -0.25) is 14.6 Å². The Hall–Kier alpha value is -4.48. The van der Waals surface area contributed by atoms with E-state index in [1.165, 1.54) is 5.56 Å². The number of rotatable bonds is 11. The summed E-state index contributed by atoms with van der Waals surface area (Å²) in [7, 11) is 3.66. The molecule has 5 heterocycles. The van der Waals surface area contributed by atoms with Crippen molar-refractivity contribution in [1.29, 1.82) is 0 Å². The van der Waals surface area contributed by atoms with Gasteiger partial charge in [0.1, 0.15) is 11.4 Å². The molecule has 52 heavy (non-hydrogen) atoms. The lowest BCUT2D eigenvalue weighted by Gasteiger charge is -2.31. The Morgan fingerprint density at radius 3 is 2.52 bits per heavy atom. The van der Waals surface area contributed by atoms with Crippen LogP contribution in [-0.2, 0) is 29.7 Å². The third kappa shape index (κ3) is 7.52. The van der Waals surface area contributed by atoms with Crippen molar-refractivity contribution in [3.63, 3.8) is 0 Å². The smallest absolute Gasteiger partial charge is 0.220 e. The first kappa shape index (κ1) is 35.9. The summed E-state index contributed by atoms with van der Waals surface area (Å²) in [6.45, 7) is 5.26. The SMILES string of the molecule is COc1cc(-c2nccc(-c3cccc(-c4ccc5c(CNC6CCN(C(C)=O)CC6)cn(C)c5n4)c3Cl)c2Cl)ccc1CNC[C@@H]1CCC(=O)N1. The molecule has 5 aromatic rings. The summed E-state index contributed by atoms with van der Waals surface area (Å²) in [5.74, 6) is 0.978. The van der Waals surface area contributed by atoms with Gasteiger partial charge in [0.2, 0.25) is 11.8 Å². The molecule has 1 atom stereocenters. The molecule has 0 bridgehead atoms. The van der Waals surface area contributed by atoms with Crippen LogP contribution in [0.25, 0.3) is 44.7 Å². The fraction of sp³-hybridized carbons (Fsp3) is 0.350. The minimum atomic E-state index is 0.108. The van der Waals surface area contributed by atoms with Crippen molar-refractivity contribution < 1.29 is 14.3 Å². The lowest BCUT2D eigenvalue weighted by Crippen LogP contribution is -2.43. The van der Waals surface area contributed by atoms with E-state index in [9.17, 15) is 9.59 Å². The first-order valence-corrected chi connectivity index (χ1v) is 18.5. The molecule has 0 unspecified atom stereocenters. The summed E-state index contributed by atoms with van der Waals surface area (Å²) in [6.07, 6.45) is 7.20. The number of hydrogen-bond donors (Lipinski definition) is 3. The first-order chi connectivity index (χ1) is 25.2. The van der Waals surface area contributed by atoms with Gasteiger partial charge in [-0.05, 0) is 49.1 Å². The van der Waals surface area contributed by atoms with Gasteiger partial charge in [0.15, 0.2) is 0 Å². The van der Waals surface area contributed by atoms with Crippen LogP contribution < -0.4 is 20.7 Å². The van der Waals surface area contributed by atoms with E-state index in [1.54, 1.807) is 20.2 Å².